The van der Waals surface area contributed by atoms with Gasteiger partial charge in [0, 0.05) is 51.3 Å². The first-order chi connectivity index (χ1) is 15.1. The van der Waals surface area contributed by atoms with Crippen LogP contribution in [-0.2, 0) is 29.5 Å². The van der Waals surface area contributed by atoms with Crippen LogP contribution < -0.4 is 10.1 Å². The molecule has 0 aliphatic carbocycles. The molecule has 0 radical (unpaired) electrons. The molecule has 162 valence electrons. The van der Waals surface area contributed by atoms with E-state index >= 15 is 0 Å². The molecule has 0 fully saturated rings. The maximum atomic E-state index is 12.7. The number of nitrogens with zero attached hydrogens (tertiary/aromatic N) is 3. The number of aromatic nitrogens is 2. The lowest BCUT2D eigenvalue weighted by molar-refractivity contribution is -0.133. The van der Waals surface area contributed by atoms with Gasteiger partial charge in [-0.2, -0.15) is 0 Å². The van der Waals surface area contributed by atoms with Gasteiger partial charge in [0.2, 0.25) is 0 Å². The van der Waals surface area contributed by atoms with Crippen LogP contribution in [0.4, 0.5) is 0 Å². The number of carbonyl (C=O) groups excluding carboxylic acids is 2. The number of rotatable bonds is 7. The Labute approximate surface area is 180 Å². The summed E-state index contributed by atoms with van der Waals surface area (Å²) in [6.07, 6.45) is 0.629. The van der Waals surface area contributed by atoms with Crippen LogP contribution >= 0.6 is 0 Å². The number of nitrogens with one attached hydrogen (secondary N) is 1. The first-order valence-electron chi connectivity index (χ1n) is 10.3. The van der Waals surface area contributed by atoms with Crippen LogP contribution in [0.2, 0.25) is 0 Å². The molecule has 4 rings (SSSR count). The molecule has 31 heavy (non-hydrogen) atoms. The molecule has 2 amide bonds. The molecule has 8 nitrogen and oxygen atoms in total. The molecular formula is C23H26N4O4. The quantitative estimate of drug-likeness (QED) is 0.629. The lowest BCUT2D eigenvalue weighted by atomic mass is 10.1. The zero-order valence-electron chi connectivity index (χ0n) is 17.8. The van der Waals surface area contributed by atoms with Crippen molar-refractivity contribution in [3.8, 4) is 5.75 Å². The molecule has 3 aromatic rings. The van der Waals surface area contributed by atoms with Gasteiger partial charge in [-0.05, 0) is 30.3 Å². The van der Waals surface area contributed by atoms with Crippen molar-refractivity contribution in [1.82, 2.24) is 19.8 Å². The van der Waals surface area contributed by atoms with Crippen molar-refractivity contribution in [2.45, 2.75) is 13.0 Å². The molecule has 2 heterocycles. The Balaban J connectivity index is 1.41. The predicted octanol–water partition coefficient (Wildman–Crippen LogP) is 1.91. The molecule has 1 aliphatic heterocycles. The minimum atomic E-state index is -0.166. The van der Waals surface area contributed by atoms with Crippen LogP contribution in [0.5, 0.6) is 5.75 Å². The van der Waals surface area contributed by atoms with Gasteiger partial charge in [-0.3, -0.25) is 9.59 Å². The van der Waals surface area contributed by atoms with E-state index in [1.807, 2.05) is 35.9 Å². The van der Waals surface area contributed by atoms with E-state index in [4.69, 9.17) is 9.47 Å². The van der Waals surface area contributed by atoms with E-state index in [0.29, 0.717) is 44.0 Å². The highest BCUT2D eigenvalue weighted by Gasteiger charge is 2.22. The van der Waals surface area contributed by atoms with E-state index in [-0.39, 0.29) is 18.4 Å². The first-order valence-corrected chi connectivity index (χ1v) is 10.3. The fourth-order valence-electron chi connectivity index (χ4n) is 3.72. The van der Waals surface area contributed by atoms with Crippen molar-refractivity contribution >= 4 is 22.8 Å². The second-order valence-electron chi connectivity index (χ2n) is 7.50. The molecule has 8 heteroatoms. The topological polar surface area (TPSA) is 85.7 Å². The smallest absolute Gasteiger partial charge is 0.260 e. The number of hydrogen-bond donors (Lipinski definition) is 1. The zero-order valence-corrected chi connectivity index (χ0v) is 17.8. The number of aryl methyl sites for hydroxylation is 1. The van der Waals surface area contributed by atoms with Crippen molar-refractivity contribution < 1.29 is 19.1 Å². The molecule has 1 N–H and O–H groups in total. The van der Waals surface area contributed by atoms with Gasteiger partial charge < -0.3 is 24.3 Å². The number of methoxy groups -OCH3 is 1. The highest BCUT2D eigenvalue weighted by atomic mass is 16.5. The third kappa shape index (κ3) is 4.54. The summed E-state index contributed by atoms with van der Waals surface area (Å²) in [7, 11) is 3.58. The summed E-state index contributed by atoms with van der Waals surface area (Å²) in [6.45, 7) is 1.77. The maximum absolute atomic E-state index is 12.7. The van der Waals surface area contributed by atoms with Crippen molar-refractivity contribution in [3.05, 3.63) is 59.4 Å². The molecule has 0 unspecified atom stereocenters. The van der Waals surface area contributed by atoms with Gasteiger partial charge in [0.1, 0.15) is 11.6 Å². The van der Waals surface area contributed by atoms with E-state index in [9.17, 15) is 9.59 Å². The van der Waals surface area contributed by atoms with Gasteiger partial charge >= 0.3 is 0 Å². The fourth-order valence-corrected chi connectivity index (χ4v) is 3.72. The maximum Gasteiger partial charge on any atom is 0.260 e. The Kier molecular flexibility index (Phi) is 6.18. The second-order valence-corrected chi connectivity index (χ2v) is 7.50. The van der Waals surface area contributed by atoms with Crippen LogP contribution in [0.25, 0.3) is 11.0 Å². The Morgan fingerprint density at radius 3 is 2.90 bits per heavy atom. The van der Waals surface area contributed by atoms with Crippen molar-refractivity contribution in [2.75, 3.05) is 33.4 Å². The van der Waals surface area contributed by atoms with E-state index in [1.165, 1.54) is 0 Å². The average molecular weight is 422 g/mol. The monoisotopic (exact) mass is 422 g/mol. The molecule has 0 spiro atoms. The number of carbonyl (C=O) groups is 2. The van der Waals surface area contributed by atoms with Gasteiger partial charge in [0.15, 0.2) is 6.61 Å². The van der Waals surface area contributed by atoms with Crippen LogP contribution in [0.3, 0.4) is 0 Å². The lowest BCUT2D eigenvalue weighted by Crippen LogP contribution is -2.34. The lowest BCUT2D eigenvalue weighted by Gasteiger charge is -2.19. The third-order valence-corrected chi connectivity index (χ3v) is 5.47. The van der Waals surface area contributed by atoms with E-state index in [1.54, 1.807) is 30.2 Å². The molecule has 1 aliphatic rings. The van der Waals surface area contributed by atoms with Crippen LogP contribution in [-0.4, -0.2) is 59.7 Å². The minimum absolute atomic E-state index is 0.0136. The predicted molar refractivity (Wildman–Crippen MR) is 116 cm³/mol. The van der Waals surface area contributed by atoms with Crippen LogP contribution in [0, 0.1) is 0 Å². The SMILES string of the molecule is COCCN1Cc2cc(C(=O)NCCc3nc4ccccc4n3C)ccc2OCC1=O. The largest absolute Gasteiger partial charge is 0.483 e. The molecule has 2 aromatic carbocycles. The molecule has 1 aromatic heterocycles. The Morgan fingerprint density at radius 1 is 1.26 bits per heavy atom. The summed E-state index contributed by atoms with van der Waals surface area (Å²) in [5.74, 6) is 1.29. The molecule has 0 bridgehead atoms. The highest BCUT2D eigenvalue weighted by Crippen LogP contribution is 2.25. The van der Waals surface area contributed by atoms with E-state index < -0.39 is 0 Å². The van der Waals surface area contributed by atoms with Gasteiger partial charge in [0.05, 0.1) is 17.6 Å². The molecular weight excluding hydrogens is 396 g/mol. The summed E-state index contributed by atoms with van der Waals surface area (Å²) in [4.78, 5) is 31.3. The van der Waals surface area contributed by atoms with Gasteiger partial charge in [0.25, 0.3) is 11.8 Å². The standard InChI is InChI=1S/C23H26N4O4/c1-26-19-6-4-3-5-18(19)25-21(26)9-10-24-23(29)16-7-8-20-17(13-16)14-27(11-12-30-2)22(28)15-31-20/h3-8,13H,9-12,14-15H2,1-2H3,(H,24,29). The highest BCUT2D eigenvalue weighted by molar-refractivity contribution is 5.94. The van der Waals surface area contributed by atoms with Gasteiger partial charge in [-0.25, -0.2) is 4.98 Å². The summed E-state index contributed by atoms with van der Waals surface area (Å²) >= 11 is 0. The molecule has 0 saturated carbocycles. The number of ether oxygens (including phenoxy) is 2. The summed E-state index contributed by atoms with van der Waals surface area (Å²) in [6, 6.07) is 13.2. The number of fused-ring (bicyclic) bond motifs is 2. The molecule has 0 saturated heterocycles. The van der Waals surface area contributed by atoms with Crippen molar-refractivity contribution in [1.29, 1.82) is 0 Å². The normalized spacial score (nSPS) is 13.6. The van der Waals surface area contributed by atoms with E-state index in [0.717, 1.165) is 22.4 Å². The van der Waals surface area contributed by atoms with Crippen molar-refractivity contribution in [2.24, 2.45) is 7.05 Å². The number of imidazole rings is 1. The number of hydrogen-bond acceptors (Lipinski definition) is 5. The number of amides is 2. The Morgan fingerprint density at radius 2 is 2.10 bits per heavy atom. The van der Waals surface area contributed by atoms with Gasteiger partial charge in [-0.1, -0.05) is 12.1 Å². The van der Waals surface area contributed by atoms with Crippen molar-refractivity contribution in [3.63, 3.8) is 0 Å². The summed E-state index contributed by atoms with van der Waals surface area (Å²) in [5.41, 5.74) is 3.37. The zero-order chi connectivity index (χ0) is 21.8. The number of para-hydroxylation sites is 2. The van der Waals surface area contributed by atoms with Crippen LogP contribution in [0.15, 0.2) is 42.5 Å². The second kappa shape index (κ2) is 9.18. The summed E-state index contributed by atoms with van der Waals surface area (Å²) in [5, 5.41) is 2.96. The minimum Gasteiger partial charge on any atom is -0.483 e. The summed E-state index contributed by atoms with van der Waals surface area (Å²) < 4.78 is 12.7. The number of benzene rings is 2. The van der Waals surface area contributed by atoms with Gasteiger partial charge in [-0.15, -0.1) is 0 Å². The van der Waals surface area contributed by atoms with Crippen LogP contribution in [0.1, 0.15) is 21.7 Å². The molecule has 0 atom stereocenters. The first kappa shape index (κ1) is 20.9. The van der Waals surface area contributed by atoms with E-state index in [2.05, 4.69) is 10.3 Å². The fraction of sp³-hybridized carbons (Fsp3) is 0.348. The average Bonchev–Trinajstić information content (AvgIpc) is 3.01. The Hall–Kier alpha value is -3.39. The Bertz CT molecular complexity index is 1110. The third-order valence-electron chi connectivity index (χ3n) is 5.47.